The molecule has 28 heavy (non-hydrogen) atoms. The van der Waals surface area contributed by atoms with E-state index in [1.54, 1.807) is 21.9 Å². The van der Waals surface area contributed by atoms with Gasteiger partial charge in [-0.05, 0) is 37.0 Å². The van der Waals surface area contributed by atoms with Crippen LogP contribution in [0.15, 0.2) is 41.5 Å². The number of likely N-dealkylation sites (tertiary alicyclic amines) is 1. The third-order valence-electron chi connectivity index (χ3n) is 5.43. The van der Waals surface area contributed by atoms with Crippen LogP contribution in [-0.2, 0) is 7.05 Å². The van der Waals surface area contributed by atoms with Crippen LogP contribution >= 0.6 is 0 Å². The molecule has 1 saturated heterocycles. The molecule has 7 nitrogen and oxygen atoms in total. The molecule has 1 aliphatic heterocycles. The van der Waals surface area contributed by atoms with Gasteiger partial charge in [0, 0.05) is 44.0 Å². The van der Waals surface area contributed by atoms with Crippen LogP contribution in [0.4, 0.5) is 4.39 Å². The predicted octanol–water partition coefficient (Wildman–Crippen LogP) is 1.99. The van der Waals surface area contributed by atoms with E-state index in [-0.39, 0.29) is 17.4 Å². The number of rotatable bonds is 3. The van der Waals surface area contributed by atoms with Gasteiger partial charge in [-0.1, -0.05) is 0 Å². The number of aliphatic hydroxyl groups is 1. The Labute approximate surface area is 160 Å². The number of amides is 1. The molecule has 4 rings (SSSR count). The Morgan fingerprint density at radius 2 is 2.07 bits per heavy atom. The number of imidazole rings is 1. The number of aliphatic hydroxyl groups excluding tert-OH is 1. The van der Waals surface area contributed by atoms with Crippen LogP contribution < -0.4 is 5.56 Å². The van der Waals surface area contributed by atoms with Crippen LogP contribution in [0.5, 0.6) is 0 Å². The van der Waals surface area contributed by atoms with Crippen LogP contribution in [0, 0.1) is 11.7 Å². The number of carbonyl (C=O) groups excluding carboxylic acids is 1. The van der Waals surface area contributed by atoms with Crippen LogP contribution in [-0.4, -0.2) is 43.5 Å². The Morgan fingerprint density at radius 3 is 2.75 bits per heavy atom. The van der Waals surface area contributed by atoms with E-state index >= 15 is 0 Å². The Bertz CT molecular complexity index is 1080. The quantitative estimate of drug-likeness (QED) is 0.722. The smallest absolute Gasteiger partial charge is 0.254 e. The summed E-state index contributed by atoms with van der Waals surface area (Å²) in [5.74, 6) is -0.105. The number of hydrogen-bond acceptors (Lipinski definition) is 4. The molecule has 1 unspecified atom stereocenters. The van der Waals surface area contributed by atoms with Crippen molar-refractivity contribution in [1.82, 2.24) is 19.4 Å². The highest BCUT2D eigenvalue weighted by molar-refractivity contribution is 6.06. The molecule has 0 saturated carbocycles. The Hall–Kier alpha value is -3.00. The van der Waals surface area contributed by atoms with Crippen molar-refractivity contribution in [2.24, 2.45) is 13.0 Å². The number of nitrogens with one attached hydrogen (secondary N) is 1. The molecule has 2 aromatic heterocycles. The summed E-state index contributed by atoms with van der Waals surface area (Å²) in [6.07, 6.45) is 4.03. The van der Waals surface area contributed by atoms with Crippen molar-refractivity contribution in [3.05, 3.63) is 64.2 Å². The number of nitrogens with zero attached hydrogens (tertiary/aromatic N) is 3. The summed E-state index contributed by atoms with van der Waals surface area (Å²) in [6.45, 7) is 0.945. The van der Waals surface area contributed by atoms with Crippen molar-refractivity contribution in [2.75, 3.05) is 13.1 Å². The van der Waals surface area contributed by atoms with E-state index in [0.717, 1.165) is 0 Å². The molecule has 0 bridgehead atoms. The lowest BCUT2D eigenvalue weighted by molar-refractivity contribution is 0.0421. The fraction of sp³-hybridized carbons (Fsp3) is 0.350. The molecule has 2 N–H and O–H groups in total. The van der Waals surface area contributed by atoms with Gasteiger partial charge in [0.1, 0.15) is 17.7 Å². The van der Waals surface area contributed by atoms with E-state index in [1.165, 1.54) is 24.3 Å². The summed E-state index contributed by atoms with van der Waals surface area (Å²) in [5.41, 5.74) is 0.124. The molecule has 0 spiro atoms. The molecule has 1 atom stereocenters. The van der Waals surface area contributed by atoms with Crippen LogP contribution in [0.25, 0.3) is 10.9 Å². The fourth-order valence-corrected chi connectivity index (χ4v) is 3.87. The average molecular weight is 384 g/mol. The molecule has 0 aliphatic carbocycles. The predicted molar refractivity (Wildman–Crippen MR) is 101 cm³/mol. The number of aromatic nitrogens is 3. The average Bonchev–Trinajstić information content (AvgIpc) is 3.12. The van der Waals surface area contributed by atoms with Crippen molar-refractivity contribution < 1.29 is 14.3 Å². The van der Waals surface area contributed by atoms with E-state index in [9.17, 15) is 19.1 Å². The third-order valence-corrected chi connectivity index (χ3v) is 5.43. The Kier molecular flexibility index (Phi) is 4.72. The number of fused-ring (bicyclic) bond motifs is 1. The maximum atomic E-state index is 13.5. The molecule has 8 heteroatoms. The number of hydrogen-bond donors (Lipinski definition) is 2. The van der Waals surface area contributed by atoms with Gasteiger partial charge in [-0.25, -0.2) is 9.37 Å². The molecule has 1 fully saturated rings. The van der Waals surface area contributed by atoms with Gasteiger partial charge in [0.25, 0.3) is 5.91 Å². The minimum atomic E-state index is -0.680. The molecule has 3 heterocycles. The lowest BCUT2D eigenvalue weighted by Crippen LogP contribution is -2.40. The topological polar surface area (TPSA) is 91.2 Å². The van der Waals surface area contributed by atoms with Gasteiger partial charge in [0.15, 0.2) is 0 Å². The zero-order valence-electron chi connectivity index (χ0n) is 15.4. The number of pyridine rings is 1. The number of aryl methyl sites for hydroxylation is 1. The summed E-state index contributed by atoms with van der Waals surface area (Å²) in [6, 6.07) is 5.25. The van der Waals surface area contributed by atoms with E-state index < -0.39 is 17.5 Å². The van der Waals surface area contributed by atoms with Gasteiger partial charge in [-0.15, -0.1) is 0 Å². The van der Waals surface area contributed by atoms with Gasteiger partial charge >= 0.3 is 0 Å². The fourth-order valence-electron chi connectivity index (χ4n) is 3.87. The molecule has 146 valence electrons. The molecule has 3 aromatic rings. The first-order valence-corrected chi connectivity index (χ1v) is 9.21. The van der Waals surface area contributed by atoms with Crippen LogP contribution in [0.1, 0.15) is 35.1 Å². The van der Waals surface area contributed by atoms with E-state index in [0.29, 0.717) is 42.7 Å². The molecular formula is C20H21FN4O3. The highest BCUT2D eigenvalue weighted by Crippen LogP contribution is 2.30. The standard InChI is InChI=1S/C20H21FN4O3/c1-24-9-6-22-19(24)18(27)12-4-7-25(8-5-12)20(28)15-11-17(26)23-16-10-13(21)2-3-14(15)16/h2-3,6,9-12,18,27H,4-5,7-8H2,1H3,(H,23,26). The second kappa shape index (κ2) is 7.20. The zero-order chi connectivity index (χ0) is 19.8. The molecule has 1 amide bonds. The Balaban J connectivity index is 1.53. The Morgan fingerprint density at radius 1 is 1.32 bits per heavy atom. The highest BCUT2D eigenvalue weighted by atomic mass is 19.1. The number of benzene rings is 1. The van der Waals surface area contributed by atoms with Crippen molar-refractivity contribution in [3.63, 3.8) is 0 Å². The second-order valence-corrected chi connectivity index (χ2v) is 7.21. The number of carbonyl (C=O) groups is 1. The highest BCUT2D eigenvalue weighted by Gasteiger charge is 2.31. The van der Waals surface area contributed by atoms with Gasteiger partial charge in [0.05, 0.1) is 11.1 Å². The summed E-state index contributed by atoms with van der Waals surface area (Å²) in [4.78, 5) is 33.4. The van der Waals surface area contributed by atoms with Gasteiger partial charge in [0.2, 0.25) is 5.56 Å². The van der Waals surface area contributed by atoms with Crippen molar-refractivity contribution in [3.8, 4) is 0 Å². The number of halogens is 1. The molecule has 1 aliphatic rings. The van der Waals surface area contributed by atoms with Crippen LogP contribution in [0.2, 0.25) is 0 Å². The summed E-state index contributed by atoms with van der Waals surface area (Å²) in [7, 11) is 1.84. The maximum absolute atomic E-state index is 13.5. The largest absolute Gasteiger partial charge is 0.385 e. The monoisotopic (exact) mass is 384 g/mol. The number of H-pyrrole nitrogens is 1. The first-order valence-electron chi connectivity index (χ1n) is 9.21. The molecule has 0 radical (unpaired) electrons. The van der Waals surface area contributed by atoms with Crippen molar-refractivity contribution in [1.29, 1.82) is 0 Å². The van der Waals surface area contributed by atoms with Gasteiger partial charge < -0.3 is 19.6 Å². The van der Waals surface area contributed by atoms with Crippen molar-refractivity contribution >= 4 is 16.8 Å². The van der Waals surface area contributed by atoms with E-state index in [1.807, 2.05) is 7.05 Å². The van der Waals surface area contributed by atoms with E-state index in [4.69, 9.17) is 0 Å². The molecular weight excluding hydrogens is 363 g/mol. The SMILES string of the molecule is Cn1ccnc1C(O)C1CCN(C(=O)c2cc(=O)[nH]c3cc(F)ccc23)CC1. The summed E-state index contributed by atoms with van der Waals surface area (Å²) >= 11 is 0. The number of piperidine rings is 1. The third kappa shape index (κ3) is 3.31. The van der Waals surface area contributed by atoms with E-state index in [2.05, 4.69) is 9.97 Å². The van der Waals surface area contributed by atoms with Gasteiger partial charge in [-0.3, -0.25) is 9.59 Å². The lowest BCUT2D eigenvalue weighted by atomic mass is 9.90. The maximum Gasteiger partial charge on any atom is 0.254 e. The molecule has 1 aromatic carbocycles. The van der Waals surface area contributed by atoms with Crippen LogP contribution in [0.3, 0.4) is 0 Å². The van der Waals surface area contributed by atoms with Crippen molar-refractivity contribution in [2.45, 2.75) is 18.9 Å². The second-order valence-electron chi connectivity index (χ2n) is 7.21. The minimum absolute atomic E-state index is 0.00941. The van der Waals surface area contributed by atoms with Gasteiger partial charge in [-0.2, -0.15) is 0 Å². The summed E-state index contributed by atoms with van der Waals surface area (Å²) in [5, 5.41) is 11.1. The first-order chi connectivity index (χ1) is 13.4. The lowest BCUT2D eigenvalue weighted by Gasteiger charge is -2.34. The summed E-state index contributed by atoms with van der Waals surface area (Å²) < 4.78 is 15.3. The minimum Gasteiger partial charge on any atom is -0.385 e. The first kappa shape index (κ1) is 18.4. The normalized spacial score (nSPS) is 16.5. The zero-order valence-corrected chi connectivity index (χ0v) is 15.4. The number of aromatic amines is 1.